The number of aliphatic hydroxyl groups excluding tert-OH is 1. The molecule has 0 atom stereocenters. The van der Waals surface area contributed by atoms with Crippen LogP contribution in [0.25, 0.3) is 27.5 Å². The van der Waals surface area contributed by atoms with Crippen LogP contribution in [-0.4, -0.2) is 46.5 Å². The van der Waals surface area contributed by atoms with E-state index in [4.69, 9.17) is 9.84 Å². The molecular weight excluding hydrogens is 457 g/mol. The third kappa shape index (κ3) is 4.37. The van der Waals surface area contributed by atoms with E-state index in [1.807, 2.05) is 48.0 Å². The van der Waals surface area contributed by atoms with Crippen molar-refractivity contribution >= 4 is 27.6 Å². The number of para-hydroxylation sites is 2. The Balaban J connectivity index is 1.90. The molecule has 2 N–H and O–H groups in total. The molecule has 180 valence electrons. The molecule has 0 fully saturated rings. The average Bonchev–Trinajstić information content (AvgIpc) is 3.23. The molecule has 0 aliphatic rings. The fraction of sp³-hybridized carbons (Fsp3) is 0.292. The third-order valence-electron chi connectivity index (χ3n) is 5.45. The number of halogens is 5. The molecule has 0 radical (unpaired) electrons. The number of fused-ring (bicyclic) bond motifs is 3. The molecule has 5 nitrogen and oxygen atoms in total. The number of alkyl halides is 5. The van der Waals surface area contributed by atoms with Crippen LogP contribution in [0.1, 0.15) is 12.0 Å². The Labute approximate surface area is 191 Å². The SMILES string of the molecule is Cc1ccccc1-n1ccc2c(NCCCO)nc3c(OCC(F)(F)C(F)(F)F)cccc3c21. The lowest BCUT2D eigenvalue weighted by atomic mass is 10.1. The molecule has 0 aliphatic heterocycles. The molecule has 2 aromatic heterocycles. The van der Waals surface area contributed by atoms with E-state index >= 15 is 0 Å². The highest BCUT2D eigenvalue weighted by Crippen LogP contribution is 2.39. The standard InChI is InChI=1S/C24H22F5N3O2/c1-15-6-2-3-8-18(15)32-12-10-17-21(32)16-7-4-9-19(34-14-23(25,26)24(27,28)29)20(16)31-22(17)30-11-5-13-33/h2-4,6-10,12,33H,5,11,13-14H2,1H3,(H,30,31). The Kier molecular flexibility index (Phi) is 6.35. The normalized spacial score (nSPS) is 12.4. The fourth-order valence-corrected chi connectivity index (χ4v) is 3.72. The van der Waals surface area contributed by atoms with Crippen molar-refractivity contribution in [2.75, 3.05) is 25.1 Å². The van der Waals surface area contributed by atoms with Gasteiger partial charge in [0.15, 0.2) is 6.61 Å². The minimum atomic E-state index is -5.73. The van der Waals surface area contributed by atoms with Gasteiger partial charge in [-0.15, -0.1) is 0 Å². The van der Waals surface area contributed by atoms with Crippen LogP contribution in [0.2, 0.25) is 0 Å². The molecule has 2 heterocycles. The summed E-state index contributed by atoms with van der Waals surface area (Å²) >= 11 is 0. The minimum Gasteiger partial charge on any atom is -0.485 e. The molecule has 0 spiro atoms. The van der Waals surface area contributed by atoms with Crippen LogP contribution in [0.3, 0.4) is 0 Å². The number of nitrogens with one attached hydrogen (secondary N) is 1. The van der Waals surface area contributed by atoms with Crippen LogP contribution in [0.4, 0.5) is 27.8 Å². The number of nitrogens with zero attached hydrogens (tertiary/aromatic N) is 2. The molecule has 0 saturated carbocycles. The largest absolute Gasteiger partial charge is 0.485 e. The number of benzene rings is 2. The van der Waals surface area contributed by atoms with Gasteiger partial charge >= 0.3 is 12.1 Å². The number of aryl methyl sites for hydroxylation is 1. The first-order valence-electron chi connectivity index (χ1n) is 10.6. The van der Waals surface area contributed by atoms with Crippen molar-refractivity contribution < 1.29 is 31.8 Å². The Hall–Kier alpha value is -3.40. The zero-order chi connectivity index (χ0) is 24.5. The van der Waals surface area contributed by atoms with Gasteiger partial charge in [0, 0.05) is 35.8 Å². The van der Waals surface area contributed by atoms with Gasteiger partial charge in [-0.05, 0) is 37.1 Å². The molecule has 4 rings (SSSR count). The highest BCUT2D eigenvalue weighted by atomic mass is 19.4. The van der Waals surface area contributed by atoms with Crippen LogP contribution in [-0.2, 0) is 0 Å². The van der Waals surface area contributed by atoms with E-state index in [1.165, 1.54) is 12.1 Å². The van der Waals surface area contributed by atoms with Gasteiger partial charge in [0.1, 0.15) is 17.1 Å². The summed E-state index contributed by atoms with van der Waals surface area (Å²) in [7, 11) is 0. The predicted molar refractivity (Wildman–Crippen MR) is 120 cm³/mol. The second-order valence-corrected chi connectivity index (χ2v) is 7.84. The molecule has 0 amide bonds. The molecule has 10 heteroatoms. The maximum atomic E-state index is 13.5. The Morgan fingerprint density at radius 1 is 1.00 bits per heavy atom. The number of ether oxygens (including phenoxy) is 1. The monoisotopic (exact) mass is 479 g/mol. The van der Waals surface area contributed by atoms with Crippen molar-refractivity contribution in [1.82, 2.24) is 9.55 Å². The van der Waals surface area contributed by atoms with Crippen LogP contribution >= 0.6 is 0 Å². The summed E-state index contributed by atoms with van der Waals surface area (Å²) < 4.78 is 71.9. The smallest absolute Gasteiger partial charge is 0.456 e. The van der Waals surface area contributed by atoms with Gasteiger partial charge < -0.3 is 19.7 Å². The number of hydrogen-bond donors (Lipinski definition) is 2. The van der Waals surface area contributed by atoms with Crippen LogP contribution in [0, 0.1) is 6.92 Å². The van der Waals surface area contributed by atoms with Gasteiger partial charge in [0.25, 0.3) is 0 Å². The van der Waals surface area contributed by atoms with Gasteiger partial charge in [0.2, 0.25) is 0 Å². The Bertz CT molecular complexity index is 1320. The molecule has 0 bridgehead atoms. The van der Waals surface area contributed by atoms with Crippen molar-refractivity contribution in [3.05, 3.63) is 60.3 Å². The first kappa shape index (κ1) is 23.7. The molecule has 4 aromatic rings. The quantitative estimate of drug-likeness (QED) is 0.246. The van der Waals surface area contributed by atoms with Gasteiger partial charge in [-0.3, -0.25) is 0 Å². The summed E-state index contributed by atoms with van der Waals surface area (Å²) in [5.41, 5.74) is 2.70. The van der Waals surface area contributed by atoms with Crippen LogP contribution in [0.5, 0.6) is 5.75 Å². The molecule has 34 heavy (non-hydrogen) atoms. The average molecular weight is 479 g/mol. The van der Waals surface area contributed by atoms with Gasteiger partial charge in [-0.2, -0.15) is 22.0 Å². The number of pyridine rings is 1. The molecule has 0 aliphatic carbocycles. The first-order chi connectivity index (χ1) is 16.1. The minimum absolute atomic E-state index is 0.0468. The Morgan fingerprint density at radius 3 is 2.47 bits per heavy atom. The van der Waals surface area contributed by atoms with E-state index in [-0.39, 0.29) is 17.9 Å². The van der Waals surface area contributed by atoms with E-state index < -0.39 is 18.7 Å². The Morgan fingerprint density at radius 2 is 1.76 bits per heavy atom. The molecule has 2 aromatic carbocycles. The van der Waals surface area contributed by atoms with Gasteiger partial charge in [-0.25, -0.2) is 4.98 Å². The van der Waals surface area contributed by atoms with E-state index in [1.54, 1.807) is 6.07 Å². The zero-order valence-electron chi connectivity index (χ0n) is 18.2. The molecule has 0 saturated heterocycles. The number of aliphatic hydroxyl groups is 1. The van der Waals surface area contributed by atoms with Crippen LogP contribution < -0.4 is 10.1 Å². The van der Waals surface area contributed by atoms with E-state index in [9.17, 15) is 22.0 Å². The summed E-state index contributed by atoms with van der Waals surface area (Å²) in [4.78, 5) is 4.51. The van der Waals surface area contributed by atoms with Crippen LogP contribution in [0.15, 0.2) is 54.7 Å². The maximum Gasteiger partial charge on any atom is 0.456 e. The second kappa shape index (κ2) is 9.09. The number of aromatic nitrogens is 2. The summed E-state index contributed by atoms with van der Waals surface area (Å²) in [5, 5.41) is 13.5. The zero-order valence-corrected chi connectivity index (χ0v) is 18.2. The lowest BCUT2D eigenvalue weighted by Gasteiger charge is -2.20. The summed E-state index contributed by atoms with van der Waals surface area (Å²) in [6.45, 7) is 0.420. The van der Waals surface area contributed by atoms with Crippen molar-refractivity contribution in [3.63, 3.8) is 0 Å². The van der Waals surface area contributed by atoms with E-state index in [0.29, 0.717) is 29.7 Å². The van der Waals surface area contributed by atoms with E-state index in [2.05, 4.69) is 10.3 Å². The number of hydrogen-bond acceptors (Lipinski definition) is 4. The van der Waals surface area contributed by atoms with Crippen molar-refractivity contribution in [2.24, 2.45) is 0 Å². The van der Waals surface area contributed by atoms with Crippen molar-refractivity contribution in [1.29, 1.82) is 0 Å². The summed E-state index contributed by atoms with van der Waals surface area (Å²) in [6.07, 6.45) is -3.44. The maximum absolute atomic E-state index is 13.5. The molecular formula is C24H22F5N3O2. The highest BCUT2D eigenvalue weighted by Gasteiger charge is 2.58. The highest BCUT2D eigenvalue weighted by molar-refractivity contribution is 6.10. The first-order valence-corrected chi connectivity index (χ1v) is 10.6. The number of rotatable bonds is 8. The predicted octanol–water partition coefficient (Wildman–Crippen LogP) is 5.86. The number of anilines is 1. The van der Waals surface area contributed by atoms with Gasteiger partial charge in [-0.1, -0.05) is 30.3 Å². The summed E-state index contributed by atoms with van der Waals surface area (Å²) in [6, 6.07) is 14.0. The third-order valence-corrected chi connectivity index (χ3v) is 5.45. The second-order valence-electron chi connectivity index (χ2n) is 7.84. The molecule has 0 unspecified atom stereocenters. The lowest BCUT2D eigenvalue weighted by molar-refractivity contribution is -0.289. The van der Waals surface area contributed by atoms with E-state index in [0.717, 1.165) is 16.6 Å². The van der Waals surface area contributed by atoms with Crippen molar-refractivity contribution in [3.8, 4) is 11.4 Å². The fourth-order valence-electron chi connectivity index (χ4n) is 3.72. The summed E-state index contributed by atoms with van der Waals surface area (Å²) in [5.74, 6) is -4.80. The van der Waals surface area contributed by atoms with Crippen molar-refractivity contribution in [2.45, 2.75) is 25.4 Å². The topological polar surface area (TPSA) is 59.3 Å². The van der Waals surface area contributed by atoms with Gasteiger partial charge in [0.05, 0.1) is 5.52 Å². The lowest BCUT2D eigenvalue weighted by Crippen LogP contribution is -2.41.